The highest BCUT2D eigenvalue weighted by atomic mass is 35.5. The van der Waals surface area contributed by atoms with Crippen LogP contribution < -0.4 is 0 Å². The molecule has 0 saturated heterocycles. The number of hydrogen-bond acceptors (Lipinski definition) is 3. The number of pyridine rings is 1. The van der Waals surface area contributed by atoms with Gasteiger partial charge in [-0.3, -0.25) is 4.98 Å². The molecule has 0 amide bonds. The highest BCUT2D eigenvalue weighted by Crippen LogP contribution is 2.28. The molecule has 0 aliphatic heterocycles. The van der Waals surface area contributed by atoms with E-state index >= 15 is 0 Å². The molecule has 3 rings (SSSR count). The molecule has 2 aromatic heterocycles. The van der Waals surface area contributed by atoms with Crippen molar-refractivity contribution in [3.8, 4) is 11.5 Å². The Hall–Kier alpha value is -2.33. The zero-order valence-electron chi connectivity index (χ0n) is 9.63. The lowest BCUT2D eigenvalue weighted by atomic mass is 10.2. The summed E-state index contributed by atoms with van der Waals surface area (Å²) in [7, 11) is 0. The summed E-state index contributed by atoms with van der Waals surface area (Å²) in [5.41, 5.74) is 1.43. The summed E-state index contributed by atoms with van der Waals surface area (Å²) in [6, 6.07) is 10.3. The largest absolute Gasteiger partial charge is 0.478 e. The number of aromatic nitrogens is 1. The van der Waals surface area contributed by atoms with Crippen molar-refractivity contribution in [3.05, 3.63) is 53.2 Å². The molecule has 0 bridgehead atoms. The van der Waals surface area contributed by atoms with Crippen molar-refractivity contribution < 1.29 is 14.3 Å². The second-order valence-corrected chi connectivity index (χ2v) is 4.47. The molecule has 0 radical (unpaired) electrons. The van der Waals surface area contributed by atoms with E-state index in [0.717, 1.165) is 5.39 Å². The van der Waals surface area contributed by atoms with Crippen LogP contribution >= 0.6 is 11.6 Å². The van der Waals surface area contributed by atoms with Crippen LogP contribution in [0.4, 0.5) is 0 Å². The van der Waals surface area contributed by atoms with Gasteiger partial charge in [-0.1, -0.05) is 11.6 Å². The summed E-state index contributed by atoms with van der Waals surface area (Å²) in [6.45, 7) is 0. The number of furan rings is 1. The fourth-order valence-corrected chi connectivity index (χ4v) is 1.99. The maximum atomic E-state index is 10.7. The molecule has 1 aromatic carbocycles. The Labute approximate surface area is 113 Å². The molecule has 3 aromatic rings. The molecule has 1 N–H and O–H groups in total. The molecule has 0 atom stereocenters. The van der Waals surface area contributed by atoms with Crippen LogP contribution in [0.25, 0.3) is 22.4 Å². The summed E-state index contributed by atoms with van der Waals surface area (Å²) in [4.78, 5) is 14.8. The molecule has 2 heterocycles. The van der Waals surface area contributed by atoms with Gasteiger partial charge in [0.25, 0.3) is 0 Å². The molecule has 19 heavy (non-hydrogen) atoms. The van der Waals surface area contributed by atoms with Crippen molar-refractivity contribution in [2.75, 3.05) is 0 Å². The van der Waals surface area contributed by atoms with Gasteiger partial charge in [-0.2, -0.15) is 0 Å². The number of carbonyl (C=O) groups is 1. The van der Waals surface area contributed by atoms with Crippen molar-refractivity contribution in [1.29, 1.82) is 0 Å². The van der Waals surface area contributed by atoms with E-state index in [0.29, 0.717) is 22.1 Å². The Balaban J connectivity index is 2.06. The van der Waals surface area contributed by atoms with Crippen molar-refractivity contribution in [3.63, 3.8) is 0 Å². The number of nitrogens with zero attached hydrogens (tertiary/aromatic N) is 1. The number of fused-ring (bicyclic) bond motifs is 1. The van der Waals surface area contributed by atoms with Gasteiger partial charge >= 0.3 is 5.97 Å². The number of benzene rings is 1. The van der Waals surface area contributed by atoms with Crippen LogP contribution in [0.3, 0.4) is 0 Å². The lowest BCUT2D eigenvalue weighted by Crippen LogP contribution is -1.96. The van der Waals surface area contributed by atoms with Gasteiger partial charge in [-0.15, -0.1) is 0 Å². The van der Waals surface area contributed by atoms with Gasteiger partial charge in [0.2, 0.25) is 0 Å². The molecule has 0 aliphatic rings. The first kappa shape index (κ1) is 11.7. The van der Waals surface area contributed by atoms with Crippen LogP contribution in [0.5, 0.6) is 0 Å². The molecule has 94 valence electrons. The minimum atomic E-state index is -1.00. The lowest BCUT2D eigenvalue weighted by molar-refractivity contribution is 0.0696. The molecule has 0 unspecified atom stereocenters. The van der Waals surface area contributed by atoms with E-state index in [-0.39, 0.29) is 5.56 Å². The average Bonchev–Trinajstić information content (AvgIpc) is 2.81. The second-order valence-electron chi connectivity index (χ2n) is 4.03. The Kier molecular flexibility index (Phi) is 2.72. The zero-order chi connectivity index (χ0) is 13.4. The van der Waals surface area contributed by atoms with E-state index in [9.17, 15) is 4.79 Å². The molecular formula is C14H8ClNO3. The first-order valence-electron chi connectivity index (χ1n) is 5.52. The van der Waals surface area contributed by atoms with Gasteiger partial charge in [-0.05, 0) is 36.4 Å². The standard InChI is InChI=1S/C14H8ClNO3/c15-10-2-4-12-9(5-10)6-13(19-12)11-3-1-8(7-16-11)14(17)18/h1-7H,(H,17,18). The van der Waals surface area contributed by atoms with Gasteiger partial charge in [0, 0.05) is 16.6 Å². The lowest BCUT2D eigenvalue weighted by Gasteiger charge is -1.96. The summed E-state index contributed by atoms with van der Waals surface area (Å²) in [5, 5.41) is 10.3. The van der Waals surface area contributed by atoms with Crippen LogP contribution in [0.15, 0.2) is 47.0 Å². The molecule has 5 heteroatoms. The van der Waals surface area contributed by atoms with Gasteiger partial charge in [0.1, 0.15) is 11.3 Å². The van der Waals surface area contributed by atoms with E-state index < -0.39 is 5.97 Å². The van der Waals surface area contributed by atoms with E-state index in [1.807, 2.05) is 6.07 Å². The van der Waals surface area contributed by atoms with Crippen molar-refractivity contribution in [2.24, 2.45) is 0 Å². The fraction of sp³-hybridized carbons (Fsp3) is 0. The summed E-state index contributed by atoms with van der Waals surface area (Å²) < 4.78 is 5.64. The molecule has 0 fully saturated rings. The number of hydrogen-bond donors (Lipinski definition) is 1. The Morgan fingerprint density at radius 3 is 2.74 bits per heavy atom. The molecular weight excluding hydrogens is 266 g/mol. The minimum absolute atomic E-state index is 0.142. The van der Waals surface area contributed by atoms with Crippen LogP contribution in [-0.4, -0.2) is 16.1 Å². The maximum Gasteiger partial charge on any atom is 0.337 e. The van der Waals surface area contributed by atoms with E-state index in [4.69, 9.17) is 21.1 Å². The van der Waals surface area contributed by atoms with Crippen LogP contribution in [0, 0.1) is 0 Å². The van der Waals surface area contributed by atoms with Crippen LogP contribution in [0.2, 0.25) is 5.02 Å². The van der Waals surface area contributed by atoms with Crippen molar-refractivity contribution >= 4 is 28.5 Å². The highest BCUT2D eigenvalue weighted by molar-refractivity contribution is 6.31. The van der Waals surface area contributed by atoms with Crippen molar-refractivity contribution in [1.82, 2.24) is 4.98 Å². The Morgan fingerprint density at radius 2 is 2.05 bits per heavy atom. The third-order valence-electron chi connectivity index (χ3n) is 2.74. The number of carboxylic acids is 1. The quantitative estimate of drug-likeness (QED) is 0.770. The van der Waals surface area contributed by atoms with E-state index in [1.165, 1.54) is 12.3 Å². The summed E-state index contributed by atoms with van der Waals surface area (Å²) in [5.74, 6) is -0.426. The highest BCUT2D eigenvalue weighted by Gasteiger charge is 2.09. The third kappa shape index (κ3) is 2.18. The van der Waals surface area contributed by atoms with Crippen molar-refractivity contribution in [2.45, 2.75) is 0 Å². The first-order valence-corrected chi connectivity index (χ1v) is 5.90. The smallest absolute Gasteiger partial charge is 0.337 e. The van der Waals surface area contributed by atoms with Gasteiger partial charge in [0.05, 0.1) is 5.56 Å². The van der Waals surface area contributed by atoms with Crippen LogP contribution in [-0.2, 0) is 0 Å². The first-order chi connectivity index (χ1) is 9.13. The fourth-order valence-electron chi connectivity index (χ4n) is 1.81. The normalized spacial score (nSPS) is 10.8. The SMILES string of the molecule is O=C(O)c1ccc(-c2cc3cc(Cl)ccc3o2)nc1. The molecule has 0 saturated carbocycles. The van der Waals surface area contributed by atoms with E-state index in [1.54, 1.807) is 24.3 Å². The van der Waals surface area contributed by atoms with Gasteiger partial charge < -0.3 is 9.52 Å². The number of aromatic carboxylic acids is 1. The van der Waals surface area contributed by atoms with Crippen LogP contribution in [0.1, 0.15) is 10.4 Å². The predicted octanol–water partition coefficient (Wildman–Crippen LogP) is 3.85. The average molecular weight is 274 g/mol. The topological polar surface area (TPSA) is 63.3 Å². The number of carboxylic acid groups (broad SMARTS) is 1. The summed E-state index contributed by atoms with van der Waals surface area (Å²) >= 11 is 5.91. The van der Waals surface area contributed by atoms with Gasteiger partial charge in [-0.25, -0.2) is 4.79 Å². The third-order valence-corrected chi connectivity index (χ3v) is 2.98. The number of halogens is 1. The maximum absolute atomic E-state index is 10.7. The molecule has 0 aliphatic carbocycles. The second kappa shape index (κ2) is 4.40. The van der Waals surface area contributed by atoms with Gasteiger partial charge in [0.15, 0.2) is 5.76 Å². The van der Waals surface area contributed by atoms with E-state index in [2.05, 4.69) is 4.98 Å². The number of rotatable bonds is 2. The minimum Gasteiger partial charge on any atom is -0.478 e. The zero-order valence-corrected chi connectivity index (χ0v) is 10.4. The predicted molar refractivity (Wildman–Crippen MR) is 71.4 cm³/mol. The monoisotopic (exact) mass is 273 g/mol. The Bertz CT molecular complexity index is 762. The molecule has 4 nitrogen and oxygen atoms in total. The Morgan fingerprint density at radius 1 is 1.21 bits per heavy atom. The summed E-state index contributed by atoms with van der Waals surface area (Å²) in [6.07, 6.45) is 1.30. The molecule has 0 spiro atoms.